The number of rotatable bonds is 29. The van der Waals surface area contributed by atoms with E-state index in [2.05, 4.69) is 28.4 Å². The van der Waals surface area contributed by atoms with Gasteiger partial charge in [-0.2, -0.15) is 0 Å². The van der Waals surface area contributed by atoms with Gasteiger partial charge in [-0.05, 0) is 32.1 Å². The highest BCUT2D eigenvalue weighted by Gasteiger charge is 2.38. The number of hydrazine groups is 1. The van der Waals surface area contributed by atoms with Gasteiger partial charge in [0.15, 0.2) is 0 Å². The van der Waals surface area contributed by atoms with E-state index < -0.39 is 60.3 Å². The van der Waals surface area contributed by atoms with Crippen LogP contribution in [-0.2, 0) is 28.8 Å². The van der Waals surface area contributed by atoms with E-state index >= 15 is 0 Å². The van der Waals surface area contributed by atoms with Crippen molar-refractivity contribution in [1.29, 1.82) is 0 Å². The number of nitrogens with zero attached hydrogens (tertiary/aromatic N) is 1. The first kappa shape index (κ1) is 42.9. The summed E-state index contributed by atoms with van der Waals surface area (Å²) >= 11 is 0. The van der Waals surface area contributed by atoms with Crippen molar-refractivity contribution >= 4 is 35.8 Å². The molecule has 0 aromatic heterocycles. The van der Waals surface area contributed by atoms with Crippen LogP contribution in [0.2, 0.25) is 0 Å². The molecule has 1 unspecified atom stereocenters. The second kappa shape index (κ2) is 25.9. The predicted octanol–water partition coefficient (Wildman–Crippen LogP) is 1.61. The molecule has 14 nitrogen and oxygen atoms in total. The highest BCUT2D eigenvalue weighted by atomic mass is 16.3. The lowest BCUT2D eigenvalue weighted by Gasteiger charge is -2.29. The van der Waals surface area contributed by atoms with Crippen LogP contribution < -0.4 is 33.0 Å². The average molecular weight is 682 g/mol. The van der Waals surface area contributed by atoms with Crippen molar-refractivity contribution in [2.24, 2.45) is 11.5 Å². The summed E-state index contributed by atoms with van der Waals surface area (Å²) in [5.74, 6) is -3.29. The minimum atomic E-state index is -1.37. The average Bonchev–Trinajstić information content (AvgIpc) is 3.56. The Balaban J connectivity index is 2.59. The van der Waals surface area contributed by atoms with Crippen LogP contribution >= 0.6 is 0 Å². The number of aliphatic hydroxyl groups is 1. The normalized spacial score (nSPS) is 16.9. The van der Waals surface area contributed by atoms with Gasteiger partial charge in [0.2, 0.25) is 29.5 Å². The second-order valence-electron chi connectivity index (χ2n) is 13.0. The summed E-state index contributed by atoms with van der Waals surface area (Å²) in [6.45, 7) is 3.73. The Bertz CT molecular complexity index is 983. The minimum absolute atomic E-state index is 0.0289. The summed E-state index contributed by atoms with van der Waals surface area (Å²) in [7, 11) is 0. The SMILES string of the molecule is CCCCCCCCCCCCCCC(CC)NN[C@@H](CC(N)=O)C(=O)N[C@@H](CO)C(=O)N1CCC[C@H]1C(=O)N[C@H](C=O)CCC(N)=O. The van der Waals surface area contributed by atoms with E-state index in [-0.39, 0.29) is 31.8 Å². The molecule has 0 spiro atoms. The number of carbonyl (C=O) groups is 6. The molecule has 276 valence electrons. The van der Waals surface area contributed by atoms with Gasteiger partial charge in [0, 0.05) is 19.0 Å². The van der Waals surface area contributed by atoms with E-state index in [1.807, 2.05) is 6.92 Å². The van der Waals surface area contributed by atoms with Crippen LogP contribution in [-0.4, -0.2) is 89.2 Å². The Kier molecular flexibility index (Phi) is 23.1. The lowest BCUT2D eigenvalue weighted by Crippen LogP contribution is -2.60. The molecule has 0 radical (unpaired) electrons. The molecule has 0 aliphatic carbocycles. The fourth-order valence-corrected chi connectivity index (χ4v) is 5.95. The lowest BCUT2D eigenvalue weighted by atomic mass is 10.0. The molecule has 5 amide bonds. The molecule has 1 saturated heterocycles. The van der Waals surface area contributed by atoms with E-state index in [1.54, 1.807) is 0 Å². The van der Waals surface area contributed by atoms with E-state index in [9.17, 15) is 33.9 Å². The van der Waals surface area contributed by atoms with E-state index in [1.165, 1.54) is 69.1 Å². The Morgan fingerprint density at radius 1 is 0.812 bits per heavy atom. The zero-order valence-electron chi connectivity index (χ0n) is 29.3. The summed E-state index contributed by atoms with van der Waals surface area (Å²) in [6.07, 6.45) is 17.7. The molecule has 0 aromatic carbocycles. The van der Waals surface area contributed by atoms with Gasteiger partial charge in [0.25, 0.3) is 0 Å². The molecule has 1 aliphatic rings. The Morgan fingerprint density at radius 3 is 1.94 bits per heavy atom. The molecule has 0 bridgehead atoms. The first-order valence-electron chi connectivity index (χ1n) is 18.1. The highest BCUT2D eigenvalue weighted by molar-refractivity contribution is 5.95. The molecule has 14 heteroatoms. The minimum Gasteiger partial charge on any atom is -0.394 e. The number of likely N-dealkylation sites (tertiary alicyclic amines) is 1. The quantitative estimate of drug-likeness (QED) is 0.0345. The van der Waals surface area contributed by atoms with Crippen LogP contribution in [0.25, 0.3) is 0 Å². The van der Waals surface area contributed by atoms with Crippen LogP contribution in [0.3, 0.4) is 0 Å². The number of primary amides is 2. The Labute approximate surface area is 286 Å². The van der Waals surface area contributed by atoms with Crippen molar-refractivity contribution in [2.45, 2.75) is 166 Å². The highest BCUT2D eigenvalue weighted by Crippen LogP contribution is 2.19. The molecular formula is C34H63N7O7. The smallest absolute Gasteiger partial charge is 0.248 e. The first-order valence-corrected chi connectivity index (χ1v) is 18.1. The third-order valence-electron chi connectivity index (χ3n) is 8.91. The molecule has 1 heterocycles. The molecule has 0 aromatic rings. The molecule has 5 atom stereocenters. The molecule has 48 heavy (non-hydrogen) atoms. The predicted molar refractivity (Wildman–Crippen MR) is 184 cm³/mol. The van der Waals surface area contributed by atoms with Gasteiger partial charge in [0.05, 0.1) is 19.1 Å². The third-order valence-corrected chi connectivity index (χ3v) is 8.91. The van der Waals surface area contributed by atoms with E-state index in [0.717, 1.165) is 25.7 Å². The van der Waals surface area contributed by atoms with Gasteiger partial charge >= 0.3 is 0 Å². The summed E-state index contributed by atoms with van der Waals surface area (Å²) in [4.78, 5) is 75.0. The largest absolute Gasteiger partial charge is 0.394 e. The van der Waals surface area contributed by atoms with E-state index in [4.69, 9.17) is 11.5 Å². The number of amides is 5. The van der Waals surface area contributed by atoms with Gasteiger partial charge in [-0.25, -0.2) is 5.43 Å². The molecule has 1 aliphatic heterocycles. The van der Waals surface area contributed by atoms with Gasteiger partial charge in [-0.3, -0.25) is 29.4 Å². The van der Waals surface area contributed by atoms with E-state index in [0.29, 0.717) is 19.1 Å². The van der Waals surface area contributed by atoms with Gasteiger partial charge in [-0.1, -0.05) is 90.9 Å². The van der Waals surface area contributed by atoms with Crippen LogP contribution in [0.15, 0.2) is 0 Å². The third kappa shape index (κ3) is 17.9. The molecule has 1 fully saturated rings. The molecule has 0 saturated carbocycles. The summed E-state index contributed by atoms with van der Waals surface area (Å²) in [6, 6.07) is -4.30. The fourth-order valence-electron chi connectivity index (χ4n) is 5.95. The topological polar surface area (TPSA) is 226 Å². The summed E-state index contributed by atoms with van der Waals surface area (Å²) in [5, 5.41) is 15.0. The number of nitrogens with one attached hydrogen (secondary N) is 4. The maximum Gasteiger partial charge on any atom is 0.248 e. The van der Waals surface area contributed by atoms with Crippen LogP contribution in [0.5, 0.6) is 0 Å². The second-order valence-corrected chi connectivity index (χ2v) is 13.0. The fraction of sp³-hybridized carbons (Fsp3) is 0.824. The van der Waals surface area contributed by atoms with Gasteiger partial charge in [0.1, 0.15) is 24.4 Å². The van der Waals surface area contributed by atoms with Crippen LogP contribution in [0.1, 0.15) is 136 Å². The number of nitrogens with two attached hydrogens (primary N) is 2. The van der Waals surface area contributed by atoms with Gasteiger partial charge in [-0.15, -0.1) is 0 Å². The number of aldehydes is 1. The number of unbranched alkanes of at least 4 members (excludes halogenated alkanes) is 11. The van der Waals surface area contributed by atoms with Crippen LogP contribution in [0, 0.1) is 0 Å². The summed E-state index contributed by atoms with van der Waals surface area (Å²) in [5.41, 5.74) is 16.6. The van der Waals surface area contributed by atoms with Crippen molar-refractivity contribution < 1.29 is 33.9 Å². The van der Waals surface area contributed by atoms with Crippen LogP contribution in [0.4, 0.5) is 0 Å². The molecular weight excluding hydrogens is 618 g/mol. The maximum atomic E-state index is 13.4. The first-order chi connectivity index (χ1) is 23.1. The maximum absolute atomic E-state index is 13.4. The zero-order valence-corrected chi connectivity index (χ0v) is 29.3. The van der Waals surface area contributed by atoms with Crippen molar-refractivity contribution in [3.8, 4) is 0 Å². The van der Waals surface area contributed by atoms with Crippen molar-refractivity contribution in [1.82, 2.24) is 26.4 Å². The number of hydrogen-bond acceptors (Lipinski definition) is 9. The van der Waals surface area contributed by atoms with Crippen molar-refractivity contribution in [3.05, 3.63) is 0 Å². The van der Waals surface area contributed by atoms with Crippen molar-refractivity contribution in [3.63, 3.8) is 0 Å². The molecule has 1 rings (SSSR count). The monoisotopic (exact) mass is 681 g/mol. The van der Waals surface area contributed by atoms with Gasteiger partial charge < -0.3 is 36.9 Å². The zero-order chi connectivity index (χ0) is 35.7. The Morgan fingerprint density at radius 2 is 1.42 bits per heavy atom. The summed E-state index contributed by atoms with van der Waals surface area (Å²) < 4.78 is 0. The van der Waals surface area contributed by atoms with Crippen molar-refractivity contribution in [2.75, 3.05) is 13.2 Å². The number of aliphatic hydroxyl groups excluding tert-OH is 1. The Hall–Kier alpha value is -3.10. The number of hydrogen-bond donors (Lipinski definition) is 7. The lowest BCUT2D eigenvalue weighted by molar-refractivity contribution is -0.143. The molecule has 9 N–H and O–H groups in total. The standard InChI is InChI=1S/C34H63N7O7/c1-3-5-6-7-8-9-10-11-12-13-14-15-17-25(4-2)39-40-27(22-31(36)45)32(46)38-28(24-43)34(48)41-21-16-18-29(41)33(47)37-26(23-42)19-20-30(35)44/h23,25-29,39-40,43H,3-22,24H2,1-2H3,(H2,35,44)(H2,36,45)(H,37,47)(H,38,46)/t25?,26-,27-,28-,29-/m0/s1. The number of carbonyl (C=O) groups excluding carboxylic acids is 6.